The molecule has 0 bridgehead atoms. The molecule has 20 heavy (non-hydrogen) atoms. The van der Waals surface area contributed by atoms with Crippen molar-refractivity contribution in [2.24, 2.45) is 0 Å². The summed E-state index contributed by atoms with van der Waals surface area (Å²) < 4.78 is 1.95. The Hall–Kier alpha value is -1.58. The van der Waals surface area contributed by atoms with Crippen LogP contribution >= 0.6 is 0 Å². The molecule has 1 aliphatic rings. The predicted molar refractivity (Wildman–Crippen MR) is 82.2 cm³/mol. The lowest BCUT2D eigenvalue weighted by atomic mass is 10.1. The molecule has 0 radical (unpaired) electrons. The van der Waals surface area contributed by atoms with Crippen molar-refractivity contribution < 1.29 is 0 Å². The fraction of sp³-hybridized carbons (Fsp3) is 0.625. The highest BCUT2D eigenvalue weighted by atomic mass is 15.2. The lowest BCUT2D eigenvalue weighted by Gasteiger charge is -2.17. The van der Waals surface area contributed by atoms with Crippen LogP contribution in [-0.4, -0.2) is 20.6 Å². The maximum Gasteiger partial charge on any atom is 0.152 e. The van der Waals surface area contributed by atoms with E-state index in [-0.39, 0.29) is 0 Å². The molecular formula is C16H24N4. The number of fused-ring (bicyclic) bond motifs is 1. The highest BCUT2D eigenvalue weighted by molar-refractivity contribution is 5.68. The van der Waals surface area contributed by atoms with Crippen molar-refractivity contribution in [1.29, 1.82) is 0 Å². The number of nitrogens with one attached hydrogen (secondary N) is 1. The van der Waals surface area contributed by atoms with Crippen molar-refractivity contribution in [3.05, 3.63) is 24.2 Å². The Kier molecular flexibility index (Phi) is 3.90. The first-order valence-corrected chi connectivity index (χ1v) is 7.85. The highest BCUT2D eigenvalue weighted by Gasteiger charge is 2.15. The third-order valence-corrected chi connectivity index (χ3v) is 4.20. The Morgan fingerprint density at radius 1 is 1.20 bits per heavy atom. The topological polar surface area (TPSA) is 42.2 Å². The second-order valence-electron chi connectivity index (χ2n) is 6.16. The Bertz CT molecular complexity index is 565. The SMILES string of the molecule is CC(C)c1cc2c(NC3CCCCCC3)nccn2n1. The molecule has 1 N–H and O–H groups in total. The molecule has 4 heteroatoms. The third-order valence-electron chi connectivity index (χ3n) is 4.20. The molecule has 0 spiro atoms. The quantitative estimate of drug-likeness (QED) is 0.859. The maximum absolute atomic E-state index is 4.62. The van der Waals surface area contributed by atoms with Crippen molar-refractivity contribution in [2.75, 3.05) is 5.32 Å². The first kappa shape index (κ1) is 13.4. The minimum Gasteiger partial charge on any atom is -0.366 e. The molecule has 0 aliphatic heterocycles. The van der Waals surface area contributed by atoms with Gasteiger partial charge in [-0.3, -0.25) is 0 Å². The number of aromatic nitrogens is 3. The zero-order valence-electron chi connectivity index (χ0n) is 12.5. The van der Waals surface area contributed by atoms with E-state index in [9.17, 15) is 0 Å². The minimum atomic E-state index is 0.445. The van der Waals surface area contributed by atoms with Gasteiger partial charge >= 0.3 is 0 Å². The lowest BCUT2D eigenvalue weighted by molar-refractivity contribution is 0.618. The number of nitrogens with zero attached hydrogens (tertiary/aromatic N) is 3. The van der Waals surface area contributed by atoms with Gasteiger partial charge in [-0.2, -0.15) is 5.10 Å². The van der Waals surface area contributed by atoms with Gasteiger partial charge < -0.3 is 5.32 Å². The van der Waals surface area contributed by atoms with Crippen LogP contribution in [0.15, 0.2) is 18.5 Å². The second-order valence-corrected chi connectivity index (χ2v) is 6.16. The van der Waals surface area contributed by atoms with Gasteiger partial charge in [0.1, 0.15) is 5.52 Å². The zero-order chi connectivity index (χ0) is 13.9. The van der Waals surface area contributed by atoms with E-state index in [1.54, 1.807) is 0 Å². The molecule has 0 saturated heterocycles. The third kappa shape index (κ3) is 2.79. The summed E-state index contributed by atoms with van der Waals surface area (Å²) in [4.78, 5) is 4.53. The largest absolute Gasteiger partial charge is 0.366 e. The summed E-state index contributed by atoms with van der Waals surface area (Å²) in [7, 11) is 0. The molecule has 2 aromatic rings. The van der Waals surface area contributed by atoms with Gasteiger partial charge in [0.25, 0.3) is 0 Å². The van der Waals surface area contributed by atoms with E-state index in [1.807, 2.05) is 16.9 Å². The second kappa shape index (κ2) is 5.81. The standard InChI is InChI=1S/C16H24N4/c1-12(2)14-11-15-16(17-9-10-20(15)19-14)18-13-7-5-3-4-6-8-13/h9-13H,3-8H2,1-2H3,(H,17,18). The fourth-order valence-electron chi connectivity index (χ4n) is 2.95. The van der Waals surface area contributed by atoms with Crippen LogP contribution < -0.4 is 5.32 Å². The van der Waals surface area contributed by atoms with Gasteiger partial charge in [-0.05, 0) is 24.8 Å². The van der Waals surface area contributed by atoms with E-state index in [2.05, 4.69) is 35.3 Å². The van der Waals surface area contributed by atoms with Gasteiger partial charge in [-0.1, -0.05) is 39.5 Å². The average Bonchev–Trinajstić information content (AvgIpc) is 2.72. The molecule has 0 aromatic carbocycles. The van der Waals surface area contributed by atoms with Crippen molar-refractivity contribution in [3.63, 3.8) is 0 Å². The Morgan fingerprint density at radius 2 is 1.95 bits per heavy atom. The molecule has 4 nitrogen and oxygen atoms in total. The molecule has 0 atom stereocenters. The predicted octanol–water partition coefficient (Wildman–Crippen LogP) is 3.99. The first-order chi connectivity index (χ1) is 9.74. The van der Waals surface area contributed by atoms with Crippen LogP contribution in [0.25, 0.3) is 5.52 Å². The summed E-state index contributed by atoms with van der Waals surface area (Å²) in [5, 5.41) is 8.27. The van der Waals surface area contributed by atoms with Crippen molar-refractivity contribution in [2.45, 2.75) is 64.3 Å². The zero-order valence-corrected chi connectivity index (χ0v) is 12.5. The van der Waals surface area contributed by atoms with E-state index >= 15 is 0 Å². The van der Waals surface area contributed by atoms with Crippen LogP contribution in [0, 0.1) is 0 Å². The molecule has 108 valence electrons. The van der Waals surface area contributed by atoms with Crippen molar-refractivity contribution in [3.8, 4) is 0 Å². The lowest BCUT2D eigenvalue weighted by Crippen LogP contribution is -2.19. The smallest absolute Gasteiger partial charge is 0.152 e. The Labute approximate surface area is 120 Å². The van der Waals surface area contributed by atoms with Gasteiger partial charge in [0.05, 0.1) is 5.69 Å². The summed E-state index contributed by atoms with van der Waals surface area (Å²) in [5.41, 5.74) is 2.22. The van der Waals surface area contributed by atoms with Crippen LogP contribution in [0.3, 0.4) is 0 Å². The molecule has 2 heterocycles. The summed E-state index contributed by atoms with van der Waals surface area (Å²) in [6.07, 6.45) is 11.7. The van der Waals surface area contributed by atoms with Gasteiger partial charge in [0.2, 0.25) is 0 Å². The van der Waals surface area contributed by atoms with Crippen LogP contribution in [-0.2, 0) is 0 Å². The van der Waals surface area contributed by atoms with Gasteiger partial charge in [-0.15, -0.1) is 0 Å². The van der Waals surface area contributed by atoms with Crippen LogP contribution in [0.5, 0.6) is 0 Å². The van der Waals surface area contributed by atoms with E-state index in [0.29, 0.717) is 12.0 Å². The molecule has 0 unspecified atom stereocenters. The van der Waals surface area contributed by atoms with Gasteiger partial charge in [0.15, 0.2) is 5.82 Å². The van der Waals surface area contributed by atoms with E-state index in [4.69, 9.17) is 0 Å². The normalized spacial score (nSPS) is 17.6. The molecule has 1 fully saturated rings. The molecule has 3 rings (SSSR count). The number of hydrogen-bond acceptors (Lipinski definition) is 3. The van der Waals surface area contributed by atoms with Gasteiger partial charge in [0, 0.05) is 18.4 Å². The van der Waals surface area contributed by atoms with E-state index in [0.717, 1.165) is 17.0 Å². The molecule has 1 aliphatic carbocycles. The van der Waals surface area contributed by atoms with Crippen LogP contribution in [0.4, 0.5) is 5.82 Å². The Morgan fingerprint density at radius 3 is 2.65 bits per heavy atom. The number of anilines is 1. The monoisotopic (exact) mass is 272 g/mol. The summed E-state index contributed by atoms with van der Waals surface area (Å²) in [6, 6.07) is 2.73. The van der Waals surface area contributed by atoms with Crippen LogP contribution in [0.1, 0.15) is 64.0 Å². The average molecular weight is 272 g/mol. The molecule has 1 saturated carbocycles. The molecule has 2 aromatic heterocycles. The minimum absolute atomic E-state index is 0.445. The molecule has 0 amide bonds. The molecular weight excluding hydrogens is 248 g/mol. The van der Waals surface area contributed by atoms with Crippen molar-refractivity contribution >= 4 is 11.3 Å². The first-order valence-electron chi connectivity index (χ1n) is 7.85. The summed E-state index contributed by atoms with van der Waals surface area (Å²) in [6.45, 7) is 4.35. The highest BCUT2D eigenvalue weighted by Crippen LogP contribution is 2.24. The van der Waals surface area contributed by atoms with Gasteiger partial charge in [-0.25, -0.2) is 9.50 Å². The summed E-state index contributed by atoms with van der Waals surface area (Å²) in [5.74, 6) is 1.43. The van der Waals surface area contributed by atoms with E-state index in [1.165, 1.54) is 38.5 Å². The fourth-order valence-corrected chi connectivity index (χ4v) is 2.95. The van der Waals surface area contributed by atoms with Crippen LogP contribution in [0.2, 0.25) is 0 Å². The Balaban J connectivity index is 1.86. The summed E-state index contributed by atoms with van der Waals surface area (Å²) >= 11 is 0. The van der Waals surface area contributed by atoms with Crippen molar-refractivity contribution in [1.82, 2.24) is 14.6 Å². The number of rotatable bonds is 3. The number of hydrogen-bond donors (Lipinski definition) is 1. The van der Waals surface area contributed by atoms with E-state index < -0.39 is 0 Å². The maximum atomic E-state index is 4.62.